The van der Waals surface area contributed by atoms with Crippen LogP contribution in [0.5, 0.6) is 0 Å². The molecule has 1 amide bonds. The zero-order valence-corrected chi connectivity index (χ0v) is 20.3. The second kappa shape index (κ2) is 8.55. The van der Waals surface area contributed by atoms with Crippen molar-refractivity contribution in [2.45, 2.75) is 18.8 Å². The van der Waals surface area contributed by atoms with Crippen molar-refractivity contribution in [3.63, 3.8) is 0 Å². The highest BCUT2D eigenvalue weighted by Crippen LogP contribution is 2.37. The van der Waals surface area contributed by atoms with Crippen LogP contribution in [0.25, 0.3) is 27.5 Å². The van der Waals surface area contributed by atoms with Gasteiger partial charge < -0.3 is 10.5 Å². The summed E-state index contributed by atoms with van der Waals surface area (Å²) in [5, 5.41) is 6.10. The van der Waals surface area contributed by atoms with Gasteiger partial charge in [0.25, 0.3) is 5.91 Å². The molecule has 1 atom stereocenters. The van der Waals surface area contributed by atoms with Crippen LogP contribution in [-0.2, 0) is 24.6 Å². The molecule has 0 fully saturated rings. The van der Waals surface area contributed by atoms with E-state index in [9.17, 15) is 18.0 Å². The molecule has 0 radical (unpaired) electrons. The summed E-state index contributed by atoms with van der Waals surface area (Å²) in [4.78, 5) is 22.3. The van der Waals surface area contributed by atoms with E-state index in [1.807, 2.05) is 0 Å². The number of imidazole rings is 1. The highest BCUT2D eigenvalue weighted by atomic mass is 35.5. The average molecular weight is 548 g/mol. The van der Waals surface area contributed by atoms with Crippen LogP contribution in [0.4, 0.5) is 19.0 Å². The first-order valence-electron chi connectivity index (χ1n) is 12.7. The molecule has 38 heavy (non-hydrogen) atoms. The van der Waals surface area contributed by atoms with Gasteiger partial charge in [-0.2, -0.15) is 18.3 Å². The molecule has 0 aliphatic carbocycles. The summed E-state index contributed by atoms with van der Waals surface area (Å²) in [5.41, 5.74) is 8.89. The number of ether oxygens (including phenoxy) is 1. The van der Waals surface area contributed by atoms with Gasteiger partial charge >= 0.3 is 6.18 Å². The third-order valence-corrected chi connectivity index (χ3v) is 6.98. The van der Waals surface area contributed by atoms with Crippen molar-refractivity contribution in [1.29, 1.82) is 0 Å². The van der Waals surface area contributed by atoms with Gasteiger partial charge in [-0.1, -0.05) is 11.6 Å². The number of rotatable bonds is 3. The van der Waals surface area contributed by atoms with E-state index >= 15 is 0 Å². The summed E-state index contributed by atoms with van der Waals surface area (Å²) < 4.78 is 72.0. The molecule has 1 unspecified atom stereocenters. The molecule has 0 saturated heterocycles. The zero-order chi connectivity index (χ0) is 29.4. The number of pyridine rings is 2. The minimum absolute atomic E-state index is 0.0215. The number of aromatic nitrogens is 5. The molecule has 1 aliphatic heterocycles. The predicted octanol–water partition coefficient (Wildman–Crippen LogP) is 3.87. The van der Waals surface area contributed by atoms with Gasteiger partial charge in [0.15, 0.2) is 0 Å². The third kappa shape index (κ3) is 3.57. The number of nitrogens with one attached hydrogen (secondary N) is 1. The number of fused-ring (bicyclic) bond motifs is 6. The van der Waals surface area contributed by atoms with Gasteiger partial charge in [-0.3, -0.25) is 18.9 Å². The molecule has 10 nitrogen and oxygen atoms in total. The molecule has 6 rings (SSSR count). The van der Waals surface area contributed by atoms with Crippen molar-refractivity contribution in [3.05, 3.63) is 64.2 Å². The largest absolute Gasteiger partial charge is 0.433 e. The van der Waals surface area contributed by atoms with Crippen molar-refractivity contribution < 1.29 is 26.8 Å². The molecule has 1 aliphatic rings. The number of benzene rings is 1. The van der Waals surface area contributed by atoms with E-state index in [1.54, 1.807) is 11.7 Å². The van der Waals surface area contributed by atoms with Crippen molar-refractivity contribution in [1.82, 2.24) is 34.6 Å². The summed E-state index contributed by atoms with van der Waals surface area (Å²) in [5.74, 6) is -0.600. The molecule has 5 aromatic rings. The molecule has 1 aromatic carbocycles. The topological polar surface area (TPSA) is 116 Å². The number of nitrogen functional groups attached to an aromatic ring is 1. The number of halogens is 4. The van der Waals surface area contributed by atoms with Gasteiger partial charge in [0.2, 0.25) is 0 Å². The van der Waals surface area contributed by atoms with E-state index in [2.05, 4.69) is 20.5 Å². The van der Waals surface area contributed by atoms with Crippen LogP contribution >= 0.6 is 11.6 Å². The number of anilines is 1. The van der Waals surface area contributed by atoms with Gasteiger partial charge in [0.1, 0.15) is 17.2 Å². The monoisotopic (exact) mass is 547 g/mol. The SMILES string of the molecule is [2H]C([2H])([2H])NN(C(=O)c1cc2c(cc1Cl)nc(N)c1cnn(C)c12)C1COCc2c1ccn1c(C(F)(F)F)cnc21. The maximum absolute atomic E-state index is 14.1. The lowest BCUT2D eigenvalue weighted by Gasteiger charge is -2.35. The lowest BCUT2D eigenvalue weighted by atomic mass is 9.99. The molecule has 4 aromatic heterocycles. The molecule has 5 heterocycles. The zero-order valence-electron chi connectivity index (χ0n) is 22.5. The summed E-state index contributed by atoms with van der Waals surface area (Å²) in [6.07, 6.45) is -1.23. The standard InChI is InChI=1S/C24H20ClF3N8O2/c1-30-36(18-10-38-9-15-11(18)3-4-35-19(24(26,27)28)8-31-22(15)35)23(37)12-5-13-17(6-16(12)25)33-21(29)14-7-32-34(2)20(13)14/h3-8,18,30H,9-10H2,1-2H3,(H2,29,33)/i1D3. The Kier molecular flexibility index (Phi) is 4.73. The fourth-order valence-corrected chi connectivity index (χ4v) is 5.15. The molecule has 196 valence electrons. The van der Waals surface area contributed by atoms with Gasteiger partial charge in [-0.05, 0) is 23.8 Å². The number of aryl methyl sites for hydroxylation is 1. The van der Waals surface area contributed by atoms with E-state index < -0.39 is 30.8 Å². The Morgan fingerprint density at radius 2 is 2.16 bits per heavy atom. The van der Waals surface area contributed by atoms with Crippen LogP contribution in [0.3, 0.4) is 0 Å². The van der Waals surface area contributed by atoms with Crippen LogP contribution in [0.2, 0.25) is 5.02 Å². The van der Waals surface area contributed by atoms with Crippen molar-refractivity contribution in [2.24, 2.45) is 7.05 Å². The number of hydrogen-bond acceptors (Lipinski definition) is 7. The maximum atomic E-state index is 14.1. The second-order valence-electron chi connectivity index (χ2n) is 8.78. The predicted molar refractivity (Wildman–Crippen MR) is 133 cm³/mol. The Morgan fingerprint density at radius 3 is 2.92 bits per heavy atom. The third-order valence-electron chi connectivity index (χ3n) is 6.67. The van der Waals surface area contributed by atoms with E-state index in [0.717, 1.165) is 9.41 Å². The first kappa shape index (κ1) is 21.0. The normalized spacial score (nSPS) is 17.4. The molecule has 0 bridgehead atoms. The molecule has 0 spiro atoms. The first-order chi connectivity index (χ1) is 19.2. The Hall–Kier alpha value is -3.94. The second-order valence-corrected chi connectivity index (χ2v) is 9.19. The molecule has 0 saturated carbocycles. The Balaban J connectivity index is 1.50. The number of carbonyl (C=O) groups is 1. The van der Waals surface area contributed by atoms with Crippen molar-refractivity contribution in [2.75, 3.05) is 19.3 Å². The van der Waals surface area contributed by atoms with Gasteiger partial charge in [0, 0.05) is 35.3 Å². The number of nitrogens with zero attached hydrogens (tertiary/aromatic N) is 6. The highest BCUT2D eigenvalue weighted by molar-refractivity contribution is 6.35. The van der Waals surface area contributed by atoms with Crippen LogP contribution in [0.15, 0.2) is 36.8 Å². The number of amides is 1. The quantitative estimate of drug-likeness (QED) is 0.329. The number of alkyl halides is 3. The number of hydrogen-bond donors (Lipinski definition) is 2. The number of hydrazine groups is 1. The Morgan fingerprint density at radius 1 is 1.34 bits per heavy atom. The van der Waals surface area contributed by atoms with E-state index in [4.69, 9.17) is 26.2 Å². The Labute approximate surface area is 221 Å². The smallest absolute Gasteiger partial charge is 0.383 e. The minimum Gasteiger partial charge on any atom is -0.383 e. The summed E-state index contributed by atoms with van der Waals surface area (Å²) in [6, 6.07) is 3.25. The summed E-state index contributed by atoms with van der Waals surface area (Å²) >= 11 is 6.52. The molecular formula is C24H20ClF3N8O2. The summed E-state index contributed by atoms with van der Waals surface area (Å²) in [7, 11) is 1.69. The van der Waals surface area contributed by atoms with Crippen molar-refractivity contribution >= 4 is 50.8 Å². The fraction of sp³-hybridized carbons (Fsp3) is 0.250. The lowest BCUT2D eigenvalue weighted by Crippen LogP contribution is -2.46. The number of carbonyl (C=O) groups excluding carboxylic acids is 1. The molecular weight excluding hydrogens is 525 g/mol. The fourth-order valence-electron chi connectivity index (χ4n) is 4.91. The first-order valence-corrected chi connectivity index (χ1v) is 11.6. The van der Waals surface area contributed by atoms with Crippen molar-refractivity contribution in [3.8, 4) is 0 Å². The van der Waals surface area contributed by atoms with E-state index in [0.29, 0.717) is 33.6 Å². The lowest BCUT2D eigenvalue weighted by molar-refractivity contribution is -0.141. The van der Waals surface area contributed by atoms with Crippen LogP contribution in [-0.4, -0.2) is 48.6 Å². The molecule has 3 N–H and O–H groups in total. The molecule has 14 heteroatoms. The van der Waals surface area contributed by atoms with Gasteiger partial charge in [-0.25, -0.2) is 15.4 Å². The van der Waals surface area contributed by atoms with E-state index in [-0.39, 0.29) is 40.8 Å². The van der Waals surface area contributed by atoms with Crippen LogP contribution in [0.1, 0.15) is 37.3 Å². The minimum atomic E-state index is -4.65. The van der Waals surface area contributed by atoms with Crippen LogP contribution < -0.4 is 11.2 Å². The van der Waals surface area contributed by atoms with Gasteiger partial charge in [-0.15, -0.1) is 0 Å². The Bertz CT molecular complexity index is 1870. The van der Waals surface area contributed by atoms with Crippen LogP contribution in [0, 0.1) is 0 Å². The van der Waals surface area contributed by atoms with E-state index in [1.165, 1.54) is 30.6 Å². The highest BCUT2D eigenvalue weighted by Gasteiger charge is 2.37. The average Bonchev–Trinajstić information content (AvgIpc) is 3.50. The number of nitrogens with two attached hydrogens (primary N) is 1. The maximum Gasteiger partial charge on any atom is 0.433 e. The van der Waals surface area contributed by atoms with Gasteiger partial charge in [0.05, 0.1) is 58.7 Å². The summed E-state index contributed by atoms with van der Waals surface area (Å²) in [6.45, 7) is -3.08.